The fourth-order valence-electron chi connectivity index (χ4n) is 1.48. The molecule has 0 aliphatic carbocycles. The zero-order valence-electron chi connectivity index (χ0n) is 10.9. The van der Waals surface area contributed by atoms with Crippen molar-refractivity contribution < 1.29 is 14.4 Å². The van der Waals surface area contributed by atoms with Crippen LogP contribution in [0.15, 0.2) is 29.0 Å². The Labute approximate surface area is 115 Å². The number of aryl methyl sites for hydroxylation is 1. The van der Waals surface area contributed by atoms with Gasteiger partial charge in [0.15, 0.2) is 0 Å². The molecule has 0 radical (unpaired) electrons. The van der Waals surface area contributed by atoms with Gasteiger partial charge < -0.3 is 14.9 Å². The van der Waals surface area contributed by atoms with Crippen molar-refractivity contribution in [2.24, 2.45) is 0 Å². The summed E-state index contributed by atoms with van der Waals surface area (Å²) in [7, 11) is 0. The number of nitrogens with zero attached hydrogens (tertiary/aromatic N) is 2. The van der Waals surface area contributed by atoms with Gasteiger partial charge in [-0.3, -0.25) is 4.79 Å². The number of hydrogen-bond donors (Lipinski definition) is 2. The lowest BCUT2D eigenvalue weighted by molar-refractivity contribution is 0.0986. The molecule has 6 heteroatoms. The molecule has 0 unspecified atom stereocenters. The van der Waals surface area contributed by atoms with E-state index in [2.05, 4.69) is 27.3 Å². The number of aliphatic hydroxyl groups is 1. The van der Waals surface area contributed by atoms with Gasteiger partial charge in [0, 0.05) is 23.7 Å². The number of aliphatic hydroxyl groups excluding tert-OH is 1. The molecule has 6 nitrogen and oxygen atoms in total. The summed E-state index contributed by atoms with van der Waals surface area (Å²) in [5.41, 5.74) is 1.36. The molecule has 2 aromatic heterocycles. The molecule has 0 fully saturated rings. The van der Waals surface area contributed by atoms with E-state index in [-0.39, 0.29) is 12.4 Å². The van der Waals surface area contributed by atoms with Crippen LogP contribution in [0, 0.1) is 18.8 Å². The summed E-state index contributed by atoms with van der Waals surface area (Å²) >= 11 is 0. The van der Waals surface area contributed by atoms with Gasteiger partial charge in [-0.1, -0.05) is 17.0 Å². The van der Waals surface area contributed by atoms with Crippen molar-refractivity contribution in [1.82, 2.24) is 10.1 Å². The van der Waals surface area contributed by atoms with E-state index < -0.39 is 5.91 Å². The van der Waals surface area contributed by atoms with E-state index in [0.717, 1.165) is 0 Å². The molecule has 0 bridgehead atoms. The van der Waals surface area contributed by atoms with Crippen LogP contribution in [0.1, 0.15) is 28.1 Å². The highest BCUT2D eigenvalue weighted by atomic mass is 16.5. The number of hydrogen-bond acceptors (Lipinski definition) is 5. The summed E-state index contributed by atoms with van der Waals surface area (Å²) in [5.74, 6) is 5.79. The highest BCUT2D eigenvalue weighted by Crippen LogP contribution is 2.11. The summed E-state index contributed by atoms with van der Waals surface area (Å²) in [6.45, 7) is 1.75. The fraction of sp³-hybridized carbons (Fsp3) is 0.214. The topological polar surface area (TPSA) is 88.2 Å². The van der Waals surface area contributed by atoms with Crippen LogP contribution in [0.3, 0.4) is 0 Å². The maximum Gasteiger partial charge on any atom is 0.295 e. The van der Waals surface area contributed by atoms with Gasteiger partial charge in [-0.15, -0.1) is 0 Å². The third-order valence-electron chi connectivity index (χ3n) is 2.43. The average Bonchev–Trinajstić information content (AvgIpc) is 2.86. The third kappa shape index (κ3) is 3.43. The third-order valence-corrected chi connectivity index (χ3v) is 2.43. The Morgan fingerprint density at radius 2 is 2.40 bits per heavy atom. The van der Waals surface area contributed by atoms with Crippen molar-refractivity contribution in [3.05, 3.63) is 41.4 Å². The smallest absolute Gasteiger partial charge is 0.295 e. The first-order valence-corrected chi connectivity index (χ1v) is 5.99. The second kappa shape index (κ2) is 6.50. The minimum absolute atomic E-state index is 0.0203. The van der Waals surface area contributed by atoms with E-state index in [1.807, 2.05) is 0 Å². The molecule has 0 saturated heterocycles. The molecule has 2 rings (SSSR count). The van der Waals surface area contributed by atoms with Crippen molar-refractivity contribution in [3.8, 4) is 11.8 Å². The Kier molecular flexibility index (Phi) is 4.47. The summed E-state index contributed by atoms with van der Waals surface area (Å²) in [5, 5.41) is 14.8. The lowest BCUT2D eigenvalue weighted by Crippen LogP contribution is -2.13. The number of anilines is 1. The van der Waals surface area contributed by atoms with Crippen LogP contribution < -0.4 is 5.32 Å². The van der Waals surface area contributed by atoms with Crippen LogP contribution in [0.4, 0.5) is 5.82 Å². The molecule has 0 aromatic carbocycles. The predicted octanol–water partition coefficient (Wildman–Crippen LogP) is 1.36. The first-order chi connectivity index (χ1) is 9.70. The second-order valence-corrected chi connectivity index (χ2v) is 4.00. The highest BCUT2D eigenvalue weighted by molar-refractivity contribution is 6.02. The molecule has 102 valence electrons. The number of aromatic nitrogens is 2. The van der Waals surface area contributed by atoms with Gasteiger partial charge >= 0.3 is 0 Å². The summed E-state index contributed by atoms with van der Waals surface area (Å²) < 4.78 is 4.86. The van der Waals surface area contributed by atoms with Crippen LogP contribution in [0.5, 0.6) is 0 Å². The first kappa shape index (κ1) is 13.8. The first-order valence-electron chi connectivity index (χ1n) is 5.99. The normalized spacial score (nSPS) is 9.70. The maximum absolute atomic E-state index is 11.9. The van der Waals surface area contributed by atoms with Crippen molar-refractivity contribution in [2.75, 3.05) is 11.9 Å². The van der Waals surface area contributed by atoms with E-state index in [1.165, 1.54) is 6.20 Å². The molecule has 2 heterocycles. The van der Waals surface area contributed by atoms with E-state index in [4.69, 9.17) is 9.63 Å². The number of nitrogens with one attached hydrogen (secondary N) is 1. The molecule has 2 N–H and O–H groups in total. The molecule has 1 amide bonds. The minimum Gasteiger partial charge on any atom is -0.395 e. The number of carbonyl (C=O) groups is 1. The molecule has 0 aliphatic rings. The van der Waals surface area contributed by atoms with Gasteiger partial charge in [-0.25, -0.2) is 4.98 Å². The fourth-order valence-corrected chi connectivity index (χ4v) is 1.48. The molecule has 0 aliphatic heterocycles. The van der Waals surface area contributed by atoms with Gasteiger partial charge in [-0.05, 0) is 19.1 Å². The Hall–Kier alpha value is -2.65. The van der Waals surface area contributed by atoms with E-state index in [0.29, 0.717) is 23.4 Å². The lowest BCUT2D eigenvalue weighted by Gasteiger charge is -2.02. The zero-order chi connectivity index (χ0) is 14.4. The number of rotatable bonds is 3. The summed E-state index contributed by atoms with van der Waals surface area (Å²) in [6, 6.07) is 3.37. The SMILES string of the molecule is Cc1cnoc1C(=O)Nc1cc(C#CCCO)ccn1. The Balaban J connectivity index is 2.11. The monoisotopic (exact) mass is 271 g/mol. The number of pyridine rings is 1. The van der Waals surface area contributed by atoms with Crippen LogP contribution in [0.2, 0.25) is 0 Å². The minimum atomic E-state index is -0.409. The quantitative estimate of drug-likeness (QED) is 0.823. The van der Waals surface area contributed by atoms with Gasteiger partial charge in [-0.2, -0.15) is 0 Å². The van der Waals surface area contributed by atoms with Gasteiger partial charge in [0.05, 0.1) is 12.8 Å². The number of carbonyl (C=O) groups excluding carboxylic acids is 1. The molecule has 20 heavy (non-hydrogen) atoms. The molecule has 2 aromatic rings. The maximum atomic E-state index is 11.9. The lowest BCUT2D eigenvalue weighted by atomic mass is 10.2. The second-order valence-electron chi connectivity index (χ2n) is 4.00. The van der Waals surface area contributed by atoms with Crippen molar-refractivity contribution in [2.45, 2.75) is 13.3 Å². The van der Waals surface area contributed by atoms with Crippen molar-refractivity contribution in [3.63, 3.8) is 0 Å². The van der Waals surface area contributed by atoms with Gasteiger partial charge in [0.2, 0.25) is 5.76 Å². The molecular formula is C14H13N3O3. The Bertz CT molecular complexity index is 668. The highest BCUT2D eigenvalue weighted by Gasteiger charge is 2.14. The van der Waals surface area contributed by atoms with Gasteiger partial charge in [0.25, 0.3) is 5.91 Å². The standard InChI is InChI=1S/C14H13N3O3/c1-10-9-16-20-13(10)14(19)17-12-8-11(5-6-15-12)4-2-3-7-18/h5-6,8-9,18H,3,7H2,1H3,(H,15,17,19). The van der Waals surface area contributed by atoms with Crippen molar-refractivity contribution in [1.29, 1.82) is 0 Å². The van der Waals surface area contributed by atoms with Gasteiger partial charge in [0.1, 0.15) is 5.82 Å². The molecule has 0 saturated carbocycles. The number of amides is 1. The van der Waals surface area contributed by atoms with E-state index in [9.17, 15) is 4.79 Å². The van der Waals surface area contributed by atoms with E-state index in [1.54, 1.807) is 25.3 Å². The average molecular weight is 271 g/mol. The summed E-state index contributed by atoms with van der Waals surface area (Å²) in [4.78, 5) is 15.9. The molecule has 0 spiro atoms. The largest absolute Gasteiger partial charge is 0.395 e. The Morgan fingerprint density at radius 3 is 3.10 bits per heavy atom. The van der Waals surface area contributed by atoms with Crippen LogP contribution in [-0.4, -0.2) is 27.8 Å². The van der Waals surface area contributed by atoms with Crippen LogP contribution in [0.25, 0.3) is 0 Å². The van der Waals surface area contributed by atoms with Crippen molar-refractivity contribution >= 4 is 11.7 Å². The van der Waals surface area contributed by atoms with Crippen LogP contribution >= 0.6 is 0 Å². The van der Waals surface area contributed by atoms with E-state index >= 15 is 0 Å². The zero-order valence-corrected chi connectivity index (χ0v) is 10.9. The predicted molar refractivity (Wildman–Crippen MR) is 72.0 cm³/mol. The molecular weight excluding hydrogens is 258 g/mol. The summed E-state index contributed by atoms with van der Waals surface area (Å²) in [6.07, 6.45) is 3.42. The Morgan fingerprint density at radius 1 is 1.55 bits per heavy atom. The van der Waals surface area contributed by atoms with Crippen LogP contribution in [-0.2, 0) is 0 Å². The molecule has 0 atom stereocenters.